The van der Waals surface area contributed by atoms with Crippen LogP contribution < -0.4 is 0 Å². The summed E-state index contributed by atoms with van der Waals surface area (Å²) in [5, 5.41) is 11.4. The molecule has 2 aromatic carbocycles. The van der Waals surface area contributed by atoms with Crippen LogP contribution >= 0.6 is 0 Å². The van der Waals surface area contributed by atoms with Crippen molar-refractivity contribution in [1.82, 2.24) is 0 Å². The quantitative estimate of drug-likeness (QED) is 0.852. The first-order chi connectivity index (χ1) is 9.20. The Labute approximate surface area is 118 Å². The first kappa shape index (κ1) is 14.8. The maximum absolute atomic E-state index is 11.3. The van der Waals surface area contributed by atoms with E-state index in [4.69, 9.17) is 0 Å². The van der Waals surface area contributed by atoms with Crippen LogP contribution in [0.4, 0.5) is 0 Å². The van der Waals surface area contributed by atoms with Crippen LogP contribution in [0.2, 0.25) is 0 Å². The molecule has 108 valence electrons. The molecule has 0 saturated heterocycles. The van der Waals surface area contributed by atoms with Crippen LogP contribution in [0.1, 0.15) is 25.0 Å². The molecule has 2 rings (SSSR count). The number of hydrogen-bond donors (Lipinski definition) is 2. The standard InChI is InChI=1S/C15H18O4S/c1-9(2)6-11-4-5-12-8-14(20(17,18)19)10(3)15(16)13(12)7-11/h4-5,7-9,16H,6H2,1-3H3,(H,17,18,19). The molecule has 0 saturated carbocycles. The van der Waals surface area contributed by atoms with Crippen molar-refractivity contribution in [3.63, 3.8) is 0 Å². The van der Waals surface area contributed by atoms with Gasteiger partial charge in [0, 0.05) is 10.9 Å². The summed E-state index contributed by atoms with van der Waals surface area (Å²) >= 11 is 0. The molecule has 20 heavy (non-hydrogen) atoms. The van der Waals surface area contributed by atoms with Crippen molar-refractivity contribution >= 4 is 20.9 Å². The van der Waals surface area contributed by atoms with Crippen LogP contribution in [0, 0.1) is 12.8 Å². The first-order valence-electron chi connectivity index (χ1n) is 6.43. The maximum Gasteiger partial charge on any atom is 0.294 e. The summed E-state index contributed by atoms with van der Waals surface area (Å²) in [4.78, 5) is -0.251. The highest BCUT2D eigenvalue weighted by atomic mass is 32.2. The topological polar surface area (TPSA) is 74.6 Å². The first-order valence-corrected chi connectivity index (χ1v) is 7.87. The van der Waals surface area contributed by atoms with Crippen molar-refractivity contribution in [2.45, 2.75) is 32.1 Å². The predicted molar refractivity (Wildman–Crippen MR) is 78.7 cm³/mol. The Balaban J connectivity index is 2.71. The van der Waals surface area contributed by atoms with E-state index in [1.54, 1.807) is 6.07 Å². The van der Waals surface area contributed by atoms with Gasteiger partial charge in [-0.05, 0) is 42.3 Å². The Morgan fingerprint density at radius 1 is 1.20 bits per heavy atom. The lowest BCUT2D eigenvalue weighted by Gasteiger charge is -2.11. The summed E-state index contributed by atoms with van der Waals surface area (Å²) in [5.74, 6) is 0.397. The van der Waals surface area contributed by atoms with Crippen LogP contribution in [0.15, 0.2) is 29.2 Å². The van der Waals surface area contributed by atoms with Crippen molar-refractivity contribution in [2.75, 3.05) is 0 Å². The second-order valence-corrected chi connectivity index (χ2v) is 6.87. The zero-order chi connectivity index (χ0) is 15.1. The van der Waals surface area contributed by atoms with E-state index < -0.39 is 10.1 Å². The smallest absolute Gasteiger partial charge is 0.294 e. The maximum atomic E-state index is 11.3. The molecule has 2 N–H and O–H groups in total. The second-order valence-electron chi connectivity index (χ2n) is 5.48. The highest BCUT2D eigenvalue weighted by Crippen LogP contribution is 2.34. The highest BCUT2D eigenvalue weighted by molar-refractivity contribution is 7.85. The lowest BCUT2D eigenvalue weighted by atomic mass is 9.98. The van der Waals surface area contributed by atoms with Gasteiger partial charge in [-0.1, -0.05) is 26.0 Å². The third kappa shape index (κ3) is 2.78. The van der Waals surface area contributed by atoms with Gasteiger partial charge >= 0.3 is 0 Å². The van der Waals surface area contributed by atoms with Crippen LogP contribution in [-0.2, 0) is 16.5 Å². The van der Waals surface area contributed by atoms with Crippen molar-refractivity contribution in [3.8, 4) is 5.75 Å². The molecular weight excluding hydrogens is 276 g/mol. The van der Waals surface area contributed by atoms with Gasteiger partial charge in [0.25, 0.3) is 10.1 Å². The number of rotatable bonds is 3. The molecule has 0 aliphatic heterocycles. The van der Waals surface area contributed by atoms with E-state index in [0.717, 1.165) is 12.0 Å². The zero-order valence-electron chi connectivity index (χ0n) is 11.7. The van der Waals surface area contributed by atoms with Gasteiger partial charge in [0.15, 0.2) is 0 Å². The van der Waals surface area contributed by atoms with Gasteiger partial charge in [-0.15, -0.1) is 0 Å². The zero-order valence-corrected chi connectivity index (χ0v) is 12.5. The van der Waals surface area contributed by atoms with E-state index in [2.05, 4.69) is 13.8 Å². The molecule has 5 heteroatoms. The van der Waals surface area contributed by atoms with E-state index in [9.17, 15) is 18.1 Å². The number of phenols is 1. The molecule has 0 aromatic heterocycles. The predicted octanol–water partition coefficient (Wildman–Crippen LogP) is 3.30. The molecule has 0 heterocycles. The molecule has 0 aliphatic rings. The number of fused-ring (bicyclic) bond motifs is 1. The van der Waals surface area contributed by atoms with E-state index in [1.807, 2.05) is 12.1 Å². The molecule has 0 atom stereocenters. The Morgan fingerprint density at radius 2 is 1.85 bits per heavy atom. The van der Waals surface area contributed by atoms with Crippen molar-refractivity contribution in [3.05, 3.63) is 35.4 Å². The third-order valence-electron chi connectivity index (χ3n) is 3.31. The third-order valence-corrected chi connectivity index (χ3v) is 4.29. The summed E-state index contributed by atoms with van der Waals surface area (Å²) < 4.78 is 31.8. The molecule has 0 unspecified atom stereocenters. The van der Waals surface area contributed by atoms with Crippen LogP contribution in [0.25, 0.3) is 10.8 Å². The SMILES string of the molecule is Cc1c(S(=O)(=O)O)cc2ccc(CC(C)C)cc2c1O. The van der Waals surface area contributed by atoms with Gasteiger partial charge in [-0.25, -0.2) is 0 Å². The molecule has 2 aromatic rings. The van der Waals surface area contributed by atoms with Gasteiger partial charge in [-0.3, -0.25) is 4.55 Å². The lowest BCUT2D eigenvalue weighted by Crippen LogP contribution is -2.01. The fraction of sp³-hybridized carbons (Fsp3) is 0.333. The summed E-state index contributed by atoms with van der Waals surface area (Å²) in [7, 11) is -4.34. The van der Waals surface area contributed by atoms with Crippen LogP contribution in [0.5, 0.6) is 5.75 Å². The number of phenolic OH excluding ortho intramolecular Hbond substituents is 1. The van der Waals surface area contributed by atoms with Crippen molar-refractivity contribution in [2.24, 2.45) is 5.92 Å². The number of aromatic hydroxyl groups is 1. The Bertz CT molecular complexity index is 761. The monoisotopic (exact) mass is 294 g/mol. The fourth-order valence-corrected chi connectivity index (χ4v) is 3.13. The second kappa shape index (κ2) is 5.07. The molecule has 0 aliphatic carbocycles. The van der Waals surface area contributed by atoms with Crippen LogP contribution in [0.3, 0.4) is 0 Å². The largest absolute Gasteiger partial charge is 0.507 e. The van der Waals surface area contributed by atoms with Gasteiger partial charge < -0.3 is 5.11 Å². The normalized spacial score (nSPS) is 12.2. The Morgan fingerprint density at radius 3 is 2.40 bits per heavy atom. The summed E-state index contributed by atoms with van der Waals surface area (Å²) in [6.07, 6.45) is 0.883. The van der Waals surface area contributed by atoms with Crippen molar-refractivity contribution < 1.29 is 18.1 Å². The van der Waals surface area contributed by atoms with Gasteiger partial charge in [0.2, 0.25) is 0 Å². The summed E-state index contributed by atoms with van der Waals surface area (Å²) in [5.41, 5.74) is 1.25. The molecule has 0 spiro atoms. The Hall–Kier alpha value is -1.59. The van der Waals surface area contributed by atoms with E-state index in [1.165, 1.54) is 13.0 Å². The van der Waals surface area contributed by atoms with E-state index in [0.29, 0.717) is 16.7 Å². The van der Waals surface area contributed by atoms with Gasteiger partial charge in [0.05, 0.1) is 0 Å². The number of benzene rings is 2. The summed E-state index contributed by atoms with van der Waals surface area (Å²) in [6, 6.07) is 6.93. The molecule has 0 fully saturated rings. The molecule has 0 amide bonds. The minimum absolute atomic E-state index is 0.0965. The minimum Gasteiger partial charge on any atom is -0.507 e. The summed E-state index contributed by atoms with van der Waals surface area (Å²) in [6.45, 7) is 5.69. The number of hydrogen-bond acceptors (Lipinski definition) is 3. The molecule has 4 nitrogen and oxygen atoms in total. The van der Waals surface area contributed by atoms with Gasteiger partial charge in [-0.2, -0.15) is 8.42 Å². The van der Waals surface area contributed by atoms with Gasteiger partial charge in [0.1, 0.15) is 10.6 Å². The van der Waals surface area contributed by atoms with Crippen LogP contribution in [-0.4, -0.2) is 18.1 Å². The van der Waals surface area contributed by atoms with E-state index in [-0.39, 0.29) is 16.2 Å². The molecule has 0 bridgehead atoms. The van der Waals surface area contributed by atoms with Crippen molar-refractivity contribution in [1.29, 1.82) is 0 Å². The highest BCUT2D eigenvalue weighted by Gasteiger charge is 2.18. The average molecular weight is 294 g/mol. The van der Waals surface area contributed by atoms with E-state index >= 15 is 0 Å². The molecule has 0 radical (unpaired) electrons. The lowest BCUT2D eigenvalue weighted by molar-refractivity contribution is 0.466. The average Bonchev–Trinajstić information content (AvgIpc) is 2.32. The fourth-order valence-electron chi connectivity index (χ4n) is 2.37. The molecular formula is C15H18O4S. The Kier molecular flexibility index (Phi) is 3.75. The minimum atomic E-state index is -4.34.